The quantitative estimate of drug-likeness (QED) is 0.345. The number of pyridine rings is 1. The molecule has 1 aliphatic carbocycles. The molecule has 1 aliphatic rings. The van der Waals surface area contributed by atoms with Crippen LogP contribution in [0.4, 0.5) is 10.9 Å². The van der Waals surface area contributed by atoms with Gasteiger partial charge in [0.15, 0.2) is 5.82 Å². The normalized spacial score (nSPS) is 17.0. The molecule has 1 saturated carbocycles. The summed E-state index contributed by atoms with van der Waals surface area (Å²) in [5, 5.41) is 24.1. The van der Waals surface area contributed by atoms with Gasteiger partial charge in [0.05, 0.1) is 30.6 Å². The monoisotopic (exact) mass is 517 g/mol. The van der Waals surface area contributed by atoms with Crippen molar-refractivity contribution in [2.24, 2.45) is 13.0 Å². The van der Waals surface area contributed by atoms with E-state index in [0.29, 0.717) is 34.2 Å². The molecule has 12 heteroatoms. The van der Waals surface area contributed by atoms with Gasteiger partial charge in [0.1, 0.15) is 5.01 Å². The van der Waals surface area contributed by atoms with Gasteiger partial charge in [-0.05, 0) is 55.9 Å². The lowest BCUT2D eigenvalue weighted by Crippen LogP contribution is -2.16. The summed E-state index contributed by atoms with van der Waals surface area (Å²) in [5.41, 5.74) is 2.31. The molecule has 0 spiro atoms. The maximum Gasteiger partial charge on any atom is 0.232 e. The van der Waals surface area contributed by atoms with Gasteiger partial charge in [0.25, 0.3) is 0 Å². The van der Waals surface area contributed by atoms with Crippen LogP contribution in [0.15, 0.2) is 49.1 Å². The van der Waals surface area contributed by atoms with Gasteiger partial charge in [0.2, 0.25) is 16.9 Å². The average molecular weight is 518 g/mol. The molecule has 0 aliphatic heterocycles. The van der Waals surface area contributed by atoms with E-state index in [4.69, 9.17) is 0 Å². The average Bonchev–Trinajstić information content (AvgIpc) is 3.63. The predicted molar refractivity (Wildman–Crippen MR) is 138 cm³/mol. The second kappa shape index (κ2) is 11.3. The highest BCUT2D eigenvalue weighted by Gasteiger charge is 2.29. The van der Waals surface area contributed by atoms with E-state index < -0.39 is 0 Å². The van der Waals surface area contributed by atoms with Crippen LogP contribution in [0.3, 0.4) is 0 Å². The summed E-state index contributed by atoms with van der Waals surface area (Å²) >= 11 is 1.44. The molecule has 37 heavy (non-hydrogen) atoms. The number of aryl methyl sites for hydroxylation is 1. The minimum Gasteiger partial charge on any atom is -0.340 e. The van der Waals surface area contributed by atoms with Crippen LogP contribution >= 0.6 is 11.3 Å². The Kier molecular flexibility index (Phi) is 7.54. The molecule has 4 aromatic rings. The summed E-state index contributed by atoms with van der Waals surface area (Å²) in [5.74, 6) is 0.891. The number of rotatable bonds is 9. The van der Waals surface area contributed by atoms with Gasteiger partial charge in [-0.2, -0.15) is 5.10 Å². The SMILES string of the molecule is Cn1cnc(CC(=O)Nc2nnc([C@@H]3CC[C@H](Cc4ccc(NC(=O)Cc5ccccn5)nn4)C3)s2)c1. The molecule has 2 N–H and O–H groups in total. The number of hydrogen-bond acceptors (Lipinski definition) is 9. The summed E-state index contributed by atoms with van der Waals surface area (Å²) in [6, 6.07) is 9.18. The Morgan fingerprint density at radius 2 is 1.81 bits per heavy atom. The minimum absolute atomic E-state index is 0.152. The number of imidazole rings is 1. The van der Waals surface area contributed by atoms with Crippen molar-refractivity contribution in [3.05, 3.63) is 71.1 Å². The molecule has 0 aromatic carbocycles. The fraction of sp³-hybridized carbons (Fsp3) is 0.360. The Balaban J connectivity index is 1.08. The topological polar surface area (TPSA) is 140 Å². The Morgan fingerprint density at radius 3 is 2.57 bits per heavy atom. The Hall–Kier alpha value is -4.06. The van der Waals surface area contributed by atoms with Crippen molar-refractivity contribution >= 4 is 34.1 Å². The van der Waals surface area contributed by atoms with Gasteiger partial charge in [-0.1, -0.05) is 17.4 Å². The van der Waals surface area contributed by atoms with Crippen LogP contribution in [-0.4, -0.2) is 46.7 Å². The molecular formula is C25H27N9O2S. The smallest absolute Gasteiger partial charge is 0.232 e. The fourth-order valence-corrected chi connectivity index (χ4v) is 5.41. The molecule has 0 unspecified atom stereocenters. The second-order valence-electron chi connectivity index (χ2n) is 9.24. The zero-order valence-electron chi connectivity index (χ0n) is 20.4. The number of carbonyl (C=O) groups excluding carboxylic acids is 2. The van der Waals surface area contributed by atoms with E-state index in [1.165, 1.54) is 11.3 Å². The number of amides is 2. The van der Waals surface area contributed by atoms with Gasteiger partial charge >= 0.3 is 0 Å². The number of hydrogen-bond donors (Lipinski definition) is 2. The molecule has 4 heterocycles. The maximum absolute atomic E-state index is 12.3. The summed E-state index contributed by atoms with van der Waals surface area (Å²) in [7, 11) is 1.87. The van der Waals surface area contributed by atoms with Crippen LogP contribution in [0.5, 0.6) is 0 Å². The van der Waals surface area contributed by atoms with E-state index in [1.807, 2.05) is 42.1 Å². The molecule has 0 saturated heterocycles. The lowest BCUT2D eigenvalue weighted by molar-refractivity contribution is -0.116. The van der Waals surface area contributed by atoms with Crippen LogP contribution < -0.4 is 10.6 Å². The first-order valence-electron chi connectivity index (χ1n) is 12.1. The largest absolute Gasteiger partial charge is 0.340 e. The fourth-order valence-electron chi connectivity index (χ4n) is 4.51. The molecule has 0 radical (unpaired) electrons. The third-order valence-corrected chi connectivity index (χ3v) is 7.23. The molecule has 1 fully saturated rings. The lowest BCUT2D eigenvalue weighted by atomic mass is 10.00. The van der Waals surface area contributed by atoms with Crippen molar-refractivity contribution in [3.63, 3.8) is 0 Å². The number of nitrogens with one attached hydrogen (secondary N) is 2. The molecular weight excluding hydrogens is 490 g/mol. The Labute approximate surface area is 217 Å². The third-order valence-electron chi connectivity index (χ3n) is 6.23. The standard InChI is InChI=1S/C25H27N9O2S/c1-34-14-20(27-15-34)13-23(36)29-25-33-32-24(37-25)17-6-5-16(10-17)11-19-7-8-21(31-30-19)28-22(35)12-18-4-2-3-9-26-18/h2-4,7-9,14-17H,5-6,10-13H2,1H3,(H,28,31,35)(H,29,33,36)/t16-,17+/m0/s1. The third kappa shape index (κ3) is 6.79. The van der Waals surface area contributed by atoms with Crippen LogP contribution in [0.1, 0.15) is 47.3 Å². The van der Waals surface area contributed by atoms with Gasteiger partial charge < -0.3 is 15.2 Å². The first kappa shape index (κ1) is 24.6. The summed E-state index contributed by atoms with van der Waals surface area (Å²) in [4.78, 5) is 32.8. The zero-order valence-corrected chi connectivity index (χ0v) is 21.2. The number of carbonyl (C=O) groups is 2. The van der Waals surface area contributed by atoms with E-state index in [-0.39, 0.29) is 24.7 Å². The number of aromatic nitrogens is 7. The molecule has 190 valence electrons. The highest BCUT2D eigenvalue weighted by Crippen LogP contribution is 2.41. The highest BCUT2D eigenvalue weighted by atomic mass is 32.1. The van der Waals surface area contributed by atoms with E-state index in [2.05, 4.69) is 41.0 Å². The predicted octanol–water partition coefficient (Wildman–Crippen LogP) is 2.95. The van der Waals surface area contributed by atoms with Crippen LogP contribution in [0, 0.1) is 5.92 Å². The number of anilines is 2. The Bertz CT molecular complexity index is 1350. The van der Waals surface area contributed by atoms with Crippen molar-refractivity contribution in [1.82, 2.24) is 34.9 Å². The first-order chi connectivity index (χ1) is 18.0. The first-order valence-corrected chi connectivity index (χ1v) is 12.9. The van der Waals surface area contributed by atoms with Gasteiger partial charge in [-0.3, -0.25) is 14.6 Å². The summed E-state index contributed by atoms with van der Waals surface area (Å²) < 4.78 is 1.81. The molecule has 2 atom stereocenters. The van der Waals surface area contributed by atoms with Crippen LogP contribution in [0.2, 0.25) is 0 Å². The maximum atomic E-state index is 12.3. The van der Waals surface area contributed by atoms with Crippen molar-refractivity contribution in [2.75, 3.05) is 10.6 Å². The zero-order chi connectivity index (χ0) is 25.6. The lowest BCUT2D eigenvalue weighted by Gasteiger charge is -2.09. The van der Waals surface area contributed by atoms with E-state index in [1.54, 1.807) is 18.6 Å². The van der Waals surface area contributed by atoms with Gasteiger partial charge in [0, 0.05) is 31.1 Å². The summed E-state index contributed by atoms with van der Waals surface area (Å²) in [6.07, 6.45) is 9.44. The summed E-state index contributed by atoms with van der Waals surface area (Å²) in [6.45, 7) is 0. The van der Waals surface area contributed by atoms with Crippen LogP contribution in [-0.2, 0) is 35.9 Å². The molecule has 0 bridgehead atoms. The molecule has 2 amide bonds. The van der Waals surface area contributed by atoms with Crippen molar-refractivity contribution in [3.8, 4) is 0 Å². The highest BCUT2D eigenvalue weighted by molar-refractivity contribution is 7.15. The molecule has 5 rings (SSSR count). The number of nitrogens with zero attached hydrogens (tertiary/aromatic N) is 7. The molecule has 11 nitrogen and oxygen atoms in total. The van der Waals surface area contributed by atoms with Crippen LogP contribution in [0.25, 0.3) is 0 Å². The van der Waals surface area contributed by atoms with Crippen molar-refractivity contribution < 1.29 is 9.59 Å². The van der Waals surface area contributed by atoms with Gasteiger partial charge in [-0.15, -0.1) is 15.3 Å². The van der Waals surface area contributed by atoms with Crippen molar-refractivity contribution in [2.45, 2.75) is 44.4 Å². The second-order valence-corrected chi connectivity index (χ2v) is 10.2. The van der Waals surface area contributed by atoms with Gasteiger partial charge in [-0.25, -0.2) is 4.98 Å². The minimum atomic E-state index is -0.177. The molecule has 4 aromatic heterocycles. The van der Waals surface area contributed by atoms with E-state index in [9.17, 15) is 9.59 Å². The van der Waals surface area contributed by atoms with E-state index >= 15 is 0 Å². The van der Waals surface area contributed by atoms with Crippen molar-refractivity contribution in [1.29, 1.82) is 0 Å². The van der Waals surface area contributed by atoms with E-state index in [0.717, 1.165) is 36.4 Å². The Morgan fingerprint density at radius 1 is 0.946 bits per heavy atom.